The Morgan fingerprint density at radius 3 is 2.06 bits per heavy atom. The Labute approximate surface area is 192 Å². The van der Waals surface area contributed by atoms with Gasteiger partial charge in [-0.15, -0.1) is 10.2 Å². The number of H-pyrrole nitrogens is 2. The molecule has 0 aromatic carbocycles. The minimum Gasteiger partial charge on any atom is -0.384 e. The third-order valence-electron chi connectivity index (χ3n) is 4.31. The molecule has 4 aromatic heterocycles. The molecule has 4 heterocycles. The number of hydrogen-bond acceptors (Lipinski definition) is 9. The zero-order valence-electron chi connectivity index (χ0n) is 19.1. The smallest absolute Gasteiger partial charge is 0.246 e. The van der Waals surface area contributed by atoms with Gasteiger partial charge >= 0.3 is 0 Å². The molecular weight excluding hydrogens is 422 g/mol. The molecule has 0 saturated carbocycles. The van der Waals surface area contributed by atoms with Gasteiger partial charge in [0.2, 0.25) is 5.95 Å². The maximum atomic E-state index is 5.90. The van der Waals surface area contributed by atoms with Crippen molar-refractivity contribution >= 4 is 29.2 Å². The minimum absolute atomic E-state index is 0.450. The molecule has 0 aliphatic carbocycles. The number of rotatable bonds is 8. The third kappa shape index (κ3) is 8.85. The number of hydrogen-bond donors (Lipinski definition) is 5. The molecule has 4 aromatic rings. The molecule has 33 heavy (non-hydrogen) atoms. The Kier molecular flexibility index (Phi) is 10.7. The van der Waals surface area contributed by atoms with Gasteiger partial charge < -0.3 is 27.2 Å². The SMILES string of the molecule is CCCCn1ncc(N=Nc2ncc[nH]2)c1N.CCCCn1nccc1N.Nc1ncc[nH]1. The van der Waals surface area contributed by atoms with E-state index < -0.39 is 0 Å². The molecule has 0 aliphatic rings. The van der Waals surface area contributed by atoms with Gasteiger partial charge in [0, 0.05) is 37.9 Å². The molecule has 0 unspecified atom stereocenters. The predicted molar refractivity (Wildman–Crippen MR) is 129 cm³/mol. The molecule has 0 spiro atoms. The van der Waals surface area contributed by atoms with Gasteiger partial charge in [0.05, 0.1) is 12.4 Å². The summed E-state index contributed by atoms with van der Waals surface area (Å²) < 4.78 is 3.56. The summed E-state index contributed by atoms with van der Waals surface area (Å²) in [6.45, 7) is 6.02. The van der Waals surface area contributed by atoms with E-state index in [-0.39, 0.29) is 0 Å². The highest BCUT2D eigenvalue weighted by Gasteiger charge is 2.06. The van der Waals surface area contributed by atoms with Gasteiger partial charge in [0.1, 0.15) is 17.3 Å². The standard InChI is InChI=1S/C10H15N7.C7H13N3.C3H5N3/c1-2-3-6-17-9(11)8(7-14-17)15-16-10-12-4-5-13-10;1-2-3-6-10-7(8)4-5-9-10;4-3-5-1-2-6-3/h4-5,7H,2-3,6,11H2,1H3,(H,12,13);4-5H,2-3,6,8H2,1H3;1-2H,(H3,4,5,6). The first-order valence-corrected chi connectivity index (χ1v) is 10.8. The largest absolute Gasteiger partial charge is 0.384 e. The van der Waals surface area contributed by atoms with Crippen molar-refractivity contribution < 1.29 is 0 Å². The van der Waals surface area contributed by atoms with Crippen LogP contribution in [0.1, 0.15) is 39.5 Å². The fourth-order valence-electron chi connectivity index (χ4n) is 2.48. The molecule has 13 heteroatoms. The number of unbranched alkanes of at least 4 members (excludes halogenated alkanes) is 2. The van der Waals surface area contributed by atoms with Gasteiger partial charge in [-0.3, -0.25) is 4.68 Å². The molecule has 0 saturated heterocycles. The lowest BCUT2D eigenvalue weighted by molar-refractivity contribution is 0.579. The van der Waals surface area contributed by atoms with Crippen LogP contribution in [0.25, 0.3) is 0 Å². The monoisotopic (exact) mass is 455 g/mol. The van der Waals surface area contributed by atoms with Crippen LogP contribution in [-0.2, 0) is 13.1 Å². The Hall–Kier alpha value is -4.16. The van der Waals surface area contributed by atoms with Gasteiger partial charge in [0.15, 0.2) is 5.95 Å². The van der Waals surface area contributed by atoms with Gasteiger partial charge in [-0.25, -0.2) is 14.6 Å². The maximum absolute atomic E-state index is 5.90. The number of aromatic amines is 2. The molecule has 4 rings (SSSR count). The number of azo groups is 1. The second-order valence-electron chi connectivity index (χ2n) is 6.91. The second-order valence-corrected chi connectivity index (χ2v) is 6.91. The van der Waals surface area contributed by atoms with E-state index in [1.54, 1.807) is 41.9 Å². The van der Waals surface area contributed by atoms with Crippen molar-refractivity contribution in [3.63, 3.8) is 0 Å². The molecule has 0 atom stereocenters. The van der Waals surface area contributed by atoms with E-state index in [0.29, 0.717) is 23.4 Å². The van der Waals surface area contributed by atoms with Crippen molar-refractivity contribution in [2.75, 3.05) is 17.2 Å². The van der Waals surface area contributed by atoms with E-state index in [2.05, 4.69) is 54.2 Å². The van der Waals surface area contributed by atoms with Crippen LogP contribution in [0, 0.1) is 0 Å². The molecular formula is C20H33N13. The summed E-state index contributed by atoms with van der Waals surface area (Å²) in [6, 6.07) is 1.82. The molecule has 8 N–H and O–H groups in total. The van der Waals surface area contributed by atoms with Crippen LogP contribution in [0.2, 0.25) is 0 Å². The van der Waals surface area contributed by atoms with Gasteiger partial charge in [0.25, 0.3) is 0 Å². The number of imidazole rings is 2. The highest BCUT2D eigenvalue weighted by atomic mass is 15.3. The van der Waals surface area contributed by atoms with Gasteiger partial charge in [-0.05, 0) is 18.9 Å². The second kappa shape index (κ2) is 14.0. The lowest BCUT2D eigenvalue weighted by atomic mass is 10.3. The number of nitrogens with zero attached hydrogens (tertiary/aromatic N) is 8. The fraction of sp³-hybridized carbons (Fsp3) is 0.400. The van der Waals surface area contributed by atoms with Crippen molar-refractivity contribution in [2.45, 2.75) is 52.6 Å². The van der Waals surface area contributed by atoms with Crippen molar-refractivity contribution in [1.29, 1.82) is 0 Å². The number of aromatic nitrogens is 8. The van der Waals surface area contributed by atoms with Crippen LogP contribution in [0.4, 0.5) is 29.2 Å². The summed E-state index contributed by atoms with van der Waals surface area (Å²) in [6.07, 6.45) is 14.4. The van der Waals surface area contributed by atoms with Gasteiger partial charge in [-0.2, -0.15) is 10.2 Å². The average molecular weight is 456 g/mol. The highest BCUT2D eigenvalue weighted by molar-refractivity contribution is 5.56. The number of nitrogens with one attached hydrogen (secondary N) is 2. The number of nitrogens with two attached hydrogens (primary N) is 3. The summed E-state index contributed by atoms with van der Waals surface area (Å²) in [4.78, 5) is 13.1. The Bertz CT molecular complexity index is 1030. The first-order valence-electron chi connectivity index (χ1n) is 10.8. The summed E-state index contributed by atoms with van der Waals surface area (Å²) in [7, 11) is 0. The van der Waals surface area contributed by atoms with Crippen LogP contribution in [-0.4, -0.2) is 39.5 Å². The summed E-state index contributed by atoms with van der Waals surface area (Å²) >= 11 is 0. The first kappa shape index (κ1) is 25.1. The molecule has 0 fully saturated rings. The van der Waals surface area contributed by atoms with E-state index in [4.69, 9.17) is 17.2 Å². The van der Waals surface area contributed by atoms with Crippen LogP contribution >= 0.6 is 0 Å². The van der Waals surface area contributed by atoms with Crippen molar-refractivity contribution in [1.82, 2.24) is 39.5 Å². The number of nitrogen functional groups attached to an aromatic ring is 3. The molecule has 13 nitrogen and oxygen atoms in total. The van der Waals surface area contributed by atoms with E-state index in [0.717, 1.165) is 38.2 Å². The third-order valence-corrected chi connectivity index (χ3v) is 4.31. The van der Waals surface area contributed by atoms with Crippen LogP contribution in [0.15, 0.2) is 53.5 Å². The van der Waals surface area contributed by atoms with E-state index in [1.807, 2.05) is 10.7 Å². The molecule has 0 aliphatic heterocycles. The molecule has 0 amide bonds. The number of aryl methyl sites for hydroxylation is 2. The summed E-state index contributed by atoms with van der Waals surface area (Å²) in [5, 5.41) is 16.1. The van der Waals surface area contributed by atoms with Gasteiger partial charge in [-0.1, -0.05) is 26.7 Å². The Morgan fingerprint density at radius 1 is 0.848 bits per heavy atom. The topological polar surface area (TPSA) is 196 Å². The molecule has 178 valence electrons. The Balaban J connectivity index is 0.000000202. The van der Waals surface area contributed by atoms with Crippen molar-refractivity contribution in [3.8, 4) is 0 Å². The van der Waals surface area contributed by atoms with E-state index in [1.165, 1.54) is 6.42 Å². The van der Waals surface area contributed by atoms with Crippen molar-refractivity contribution in [2.24, 2.45) is 10.2 Å². The summed E-state index contributed by atoms with van der Waals surface area (Å²) in [5.41, 5.74) is 17.2. The zero-order chi connectivity index (χ0) is 23.9. The maximum Gasteiger partial charge on any atom is 0.246 e. The lowest BCUT2D eigenvalue weighted by Gasteiger charge is -2.01. The average Bonchev–Trinajstić information content (AvgIpc) is 3.62. The Morgan fingerprint density at radius 2 is 1.55 bits per heavy atom. The summed E-state index contributed by atoms with van der Waals surface area (Å²) in [5.74, 6) is 2.21. The highest BCUT2D eigenvalue weighted by Crippen LogP contribution is 2.23. The number of anilines is 3. The van der Waals surface area contributed by atoms with E-state index in [9.17, 15) is 0 Å². The first-order chi connectivity index (χ1) is 16.0. The zero-order valence-corrected chi connectivity index (χ0v) is 19.1. The lowest BCUT2D eigenvalue weighted by Crippen LogP contribution is -2.04. The quantitative estimate of drug-likeness (QED) is 0.250. The van der Waals surface area contributed by atoms with Crippen LogP contribution < -0.4 is 17.2 Å². The molecule has 0 radical (unpaired) electrons. The van der Waals surface area contributed by atoms with Crippen molar-refractivity contribution in [3.05, 3.63) is 43.2 Å². The van der Waals surface area contributed by atoms with E-state index >= 15 is 0 Å². The predicted octanol–water partition coefficient (Wildman–Crippen LogP) is 3.66. The van der Waals surface area contributed by atoms with Crippen LogP contribution in [0.5, 0.6) is 0 Å². The fourth-order valence-corrected chi connectivity index (χ4v) is 2.48. The van der Waals surface area contributed by atoms with Crippen LogP contribution in [0.3, 0.4) is 0 Å². The molecule has 0 bridgehead atoms. The normalized spacial score (nSPS) is 10.5. The minimum atomic E-state index is 0.450.